The first-order chi connectivity index (χ1) is 15.0. The molecule has 31 heavy (non-hydrogen) atoms. The number of hydrogen-bond donors (Lipinski definition) is 0. The molecule has 0 saturated carbocycles. The Morgan fingerprint density at radius 3 is 2.13 bits per heavy atom. The summed E-state index contributed by atoms with van der Waals surface area (Å²) in [5.41, 5.74) is 2.98. The summed E-state index contributed by atoms with van der Waals surface area (Å²) >= 11 is 12.1. The van der Waals surface area contributed by atoms with Crippen LogP contribution in [0.1, 0.15) is 12.5 Å². The molecule has 0 radical (unpaired) electrons. The number of nitriles is 1. The third-order valence-corrected chi connectivity index (χ3v) is 5.48. The van der Waals surface area contributed by atoms with Gasteiger partial charge in [0.25, 0.3) is 0 Å². The average molecular weight is 456 g/mol. The number of allylic oxidation sites excluding steroid dienone is 2. The Morgan fingerprint density at radius 1 is 1.00 bits per heavy atom. The van der Waals surface area contributed by atoms with E-state index in [2.05, 4.69) is 9.80 Å². The van der Waals surface area contributed by atoms with Gasteiger partial charge >= 0.3 is 5.97 Å². The van der Waals surface area contributed by atoms with Gasteiger partial charge in [0.05, 0.1) is 6.61 Å². The molecule has 160 valence electrons. The second-order valence-electron chi connectivity index (χ2n) is 6.92. The maximum absolute atomic E-state index is 12.0. The molecule has 0 aliphatic carbocycles. The minimum absolute atomic E-state index is 0.0342. The van der Waals surface area contributed by atoms with E-state index < -0.39 is 5.97 Å². The third kappa shape index (κ3) is 6.04. The highest BCUT2D eigenvalue weighted by Crippen LogP contribution is 2.26. The number of rotatable bonds is 6. The van der Waals surface area contributed by atoms with Gasteiger partial charge in [0, 0.05) is 47.6 Å². The zero-order valence-electron chi connectivity index (χ0n) is 17.2. The molecule has 7 heteroatoms. The number of benzene rings is 2. The highest BCUT2D eigenvalue weighted by Gasteiger charge is 2.20. The monoisotopic (exact) mass is 455 g/mol. The summed E-state index contributed by atoms with van der Waals surface area (Å²) in [6, 6.07) is 17.3. The molecule has 2 aromatic rings. The topological polar surface area (TPSA) is 56.6 Å². The van der Waals surface area contributed by atoms with Crippen LogP contribution in [-0.4, -0.2) is 43.7 Å². The largest absolute Gasteiger partial charge is 0.462 e. The molecule has 5 nitrogen and oxygen atoms in total. The van der Waals surface area contributed by atoms with E-state index in [-0.39, 0.29) is 12.2 Å². The number of hydrogen-bond acceptors (Lipinski definition) is 5. The Balaban J connectivity index is 1.84. The maximum atomic E-state index is 12.0. The molecule has 1 fully saturated rings. The van der Waals surface area contributed by atoms with Crippen molar-refractivity contribution in [2.75, 3.05) is 37.7 Å². The van der Waals surface area contributed by atoms with Crippen LogP contribution in [0.2, 0.25) is 10.0 Å². The molecule has 1 heterocycles. The number of ether oxygens (including phenoxy) is 1. The number of piperazine rings is 1. The SMILES string of the molecule is CCOC(=O)/C(C#N)=C/C=C(/c1ccc(Cl)cc1)N1CCN(c2ccc(Cl)cc2)CC1. The van der Waals surface area contributed by atoms with Gasteiger partial charge in [-0.05, 0) is 61.0 Å². The van der Waals surface area contributed by atoms with Gasteiger partial charge in [0.2, 0.25) is 0 Å². The normalized spacial score (nSPS) is 14.9. The van der Waals surface area contributed by atoms with Crippen molar-refractivity contribution in [1.82, 2.24) is 4.90 Å². The summed E-state index contributed by atoms with van der Waals surface area (Å²) < 4.78 is 4.96. The van der Waals surface area contributed by atoms with Crippen molar-refractivity contribution in [2.45, 2.75) is 6.92 Å². The lowest BCUT2D eigenvalue weighted by Crippen LogP contribution is -2.45. The van der Waals surface area contributed by atoms with Crippen LogP contribution in [0.15, 0.2) is 66.3 Å². The molecule has 2 aromatic carbocycles. The first kappa shape index (κ1) is 22.7. The number of halogens is 2. The summed E-state index contributed by atoms with van der Waals surface area (Å²) in [5.74, 6) is -0.621. The van der Waals surface area contributed by atoms with Crippen LogP contribution in [0.5, 0.6) is 0 Å². The lowest BCUT2D eigenvalue weighted by atomic mass is 10.1. The van der Waals surface area contributed by atoms with Gasteiger partial charge in [0.1, 0.15) is 11.6 Å². The predicted molar refractivity (Wildman–Crippen MR) is 125 cm³/mol. The van der Waals surface area contributed by atoms with Gasteiger partial charge in [-0.1, -0.05) is 35.3 Å². The molecule has 0 spiro atoms. The van der Waals surface area contributed by atoms with Crippen LogP contribution in [0.3, 0.4) is 0 Å². The summed E-state index contributed by atoms with van der Waals surface area (Å²) in [6.07, 6.45) is 3.32. The number of nitrogens with zero attached hydrogens (tertiary/aromatic N) is 3. The van der Waals surface area contributed by atoms with E-state index in [0.717, 1.165) is 48.1 Å². The molecule has 0 N–H and O–H groups in total. The van der Waals surface area contributed by atoms with Crippen molar-refractivity contribution in [3.8, 4) is 6.07 Å². The summed E-state index contributed by atoms with van der Waals surface area (Å²) in [5, 5.41) is 10.7. The molecule has 1 aliphatic rings. The molecular weight excluding hydrogens is 433 g/mol. The maximum Gasteiger partial charge on any atom is 0.348 e. The fraction of sp³-hybridized carbons (Fsp3) is 0.250. The van der Waals surface area contributed by atoms with Crippen molar-refractivity contribution < 1.29 is 9.53 Å². The molecule has 0 aromatic heterocycles. The van der Waals surface area contributed by atoms with Gasteiger partial charge < -0.3 is 14.5 Å². The zero-order valence-corrected chi connectivity index (χ0v) is 18.7. The van der Waals surface area contributed by atoms with Crippen LogP contribution < -0.4 is 4.90 Å². The number of carbonyl (C=O) groups is 1. The van der Waals surface area contributed by atoms with Crippen molar-refractivity contribution in [2.24, 2.45) is 0 Å². The second kappa shape index (κ2) is 10.9. The Hall–Kier alpha value is -2.94. The number of anilines is 1. The van der Waals surface area contributed by atoms with E-state index in [1.807, 2.05) is 54.6 Å². The van der Waals surface area contributed by atoms with Crippen molar-refractivity contribution in [3.63, 3.8) is 0 Å². The third-order valence-electron chi connectivity index (χ3n) is 4.98. The molecular formula is C24H23Cl2N3O2. The average Bonchev–Trinajstić information content (AvgIpc) is 2.79. The molecule has 0 bridgehead atoms. The van der Waals surface area contributed by atoms with E-state index in [1.54, 1.807) is 13.0 Å². The fourth-order valence-electron chi connectivity index (χ4n) is 3.38. The fourth-order valence-corrected chi connectivity index (χ4v) is 3.64. The molecule has 0 amide bonds. The first-order valence-electron chi connectivity index (χ1n) is 10.0. The minimum Gasteiger partial charge on any atom is -0.462 e. The molecule has 1 aliphatic heterocycles. The Kier molecular flexibility index (Phi) is 8.00. The van der Waals surface area contributed by atoms with Gasteiger partial charge in [-0.25, -0.2) is 4.79 Å². The standard InChI is InChI=1S/C24H23Cl2N3O2/c1-2-31-24(30)19(17-27)5-12-23(18-3-6-20(25)7-4-18)29-15-13-28(14-16-29)22-10-8-21(26)9-11-22/h3-12H,2,13-16H2,1H3/b19-5+,23-12-. The number of esters is 1. The van der Waals surface area contributed by atoms with E-state index in [0.29, 0.717) is 5.02 Å². The Morgan fingerprint density at radius 2 is 1.58 bits per heavy atom. The predicted octanol–water partition coefficient (Wildman–Crippen LogP) is 5.17. The van der Waals surface area contributed by atoms with E-state index >= 15 is 0 Å². The summed E-state index contributed by atoms with van der Waals surface area (Å²) in [7, 11) is 0. The van der Waals surface area contributed by atoms with Gasteiger partial charge in [0.15, 0.2) is 0 Å². The quantitative estimate of drug-likeness (QED) is 0.260. The van der Waals surface area contributed by atoms with E-state index in [4.69, 9.17) is 27.9 Å². The molecule has 0 atom stereocenters. The van der Waals surface area contributed by atoms with Gasteiger partial charge in [-0.3, -0.25) is 0 Å². The number of carbonyl (C=O) groups excluding carboxylic acids is 1. The van der Waals surface area contributed by atoms with Crippen LogP contribution >= 0.6 is 23.2 Å². The van der Waals surface area contributed by atoms with Crippen LogP contribution in [0, 0.1) is 11.3 Å². The zero-order chi connectivity index (χ0) is 22.2. The van der Waals surface area contributed by atoms with Crippen molar-refractivity contribution in [3.05, 3.63) is 81.9 Å². The highest BCUT2D eigenvalue weighted by molar-refractivity contribution is 6.30. The smallest absolute Gasteiger partial charge is 0.348 e. The van der Waals surface area contributed by atoms with Gasteiger partial charge in [-0.15, -0.1) is 0 Å². The first-order valence-corrected chi connectivity index (χ1v) is 10.8. The van der Waals surface area contributed by atoms with E-state index in [1.165, 1.54) is 6.08 Å². The van der Waals surface area contributed by atoms with Crippen LogP contribution in [0.4, 0.5) is 5.69 Å². The second-order valence-corrected chi connectivity index (χ2v) is 7.79. The summed E-state index contributed by atoms with van der Waals surface area (Å²) in [6.45, 7) is 5.16. The van der Waals surface area contributed by atoms with Crippen LogP contribution in [0.25, 0.3) is 5.70 Å². The van der Waals surface area contributed by atoms with Crippen molar-refractivity contribution >= 4 is 40.6 Å². The van der Waals surface area contributed by atoms with Crippen molar-refractivity contribution in [1.29, 1.82) is 5.26 Å². The lowest BCUT2D eigenvalue weighted by Gasteiger charge is -2.38. The molecule has 3 rings (SSSR count). The molecule has 1 saturated heterocycles. The van der Waals surface area contributed by atoms with Crippen LogP contribution in [-0.2, 0) is 9.53 Å². The summed E-state index contributed by atoms with van der Waals surface area (Å²) in [4.78, 5) is 16.5. The lowest BCUT2D eigenvalue weighted by molar-refractivity contribution is -0.138. The molecule has 0 unspecified atom stereocenters. The minimum atomic E-state index is -0.621. The highest BCUT2D eigenvalue weighted by atomic mass is 35.5. The Bertz CT molecular complexity index is 1000. The Labute approximate surface area is 192 Å². The van der Waals surface area contributed by atoms with Gasteiger partial charge in [-0.2, -0.15) is 5.26 Å². The van der Waals surface area contributed by atoms with E-state index in [9.17, 15) is 10.1 Å².